The lowest BCUT2D eigenvalue weighted by Gasteiger charge is -2.32. The second-order valence-corrected chi connectivity index (χ2v) is 4.46. The molecule has 1 rings (SSSR count). The van der Waals surface area contributed by atoms with E-state index in [2.05, 4.69) is 0 Å². The first-order valence-corrected chi connectivity index (χ1v) is 5.59. The molecule has 11 heteroatoms. The van der Waals surface area contributed by atoms with Gasteiger partial charge in [0.25, 0.3) is 0 Å². The normalized spacial score (nSPS) is 14.0. The van der Waals surface area contributed by atoms with Crippen molar-refractivity contribution in [2.24, 2.45) is 0 Å². The molecule has 23 heavy (non-hydrogen) atoms. The van der Waals surface area contributed by atoms with Crippen molar-refractivity contribution in [1.82, 2.24) is 0 Å². The average molecular weight is 356 g/mol. The van der Waals surface area contributed by atoms with Crippen molar-refractivity contribution in [2.75, 3.05) is 0 Å². The molecule has 0 aliphatic heterocycles. The van der Waals surface area contributed by atoms with Gasteiger partial charge in [0.05, 0.1) is 0 Å². The van der Waals surface area contributed by atoms with Crippen LogP contribution in [0.3, 0.4) is 0 Å². The first kappa shape index (κ1) is 19.2. The van der Waals surface area contributed by atoms with Crippen LogP contribution < -0.4 is 0 Å². The molecule has 0 amide bonds. The molecule has 0 fully saturated rings. The molecule has 1 aromatic carbocycles. The molecule has 0 radical (unpaired) electrons. The molecule has 0 bridgehead atoms. The van der Waals surface area contributed by atoms with E-state index in [1.54, 1.807) is 0 Å². The molecule has 0 heterocycles. The van der Waals surface area contributed by atoms with Crippen LogP contribution in [0.2, 0.25) is 0 Å². The fourth-order valence-corrected chi connectivity index (χ4v) is 1.54. The van der Waals surface area contributed by atoms with E-state index in [9.17, 15) is 48.7 Å². The quantitative estimate of drug-likeness (QED) is 0.560. The molecular weight excluding hydrogens is 350 g/mol. The fraction of sp³-hybridized carbons (Fsp3) is 0.417. The SMILES string of the molecule is Cc1c(F)cccc1C(=O)C(F)(F)C(F)(F)C(F)(F)C(F)(F)F. The van der Waals surface area contributed by atoms with Gasteiger partial charge in [-0.1, -0.05) is 12.1 Å². The second kappa shape index (κ2) is 5.38. The van der Waals surface area contributed by atoms with Gasteiger partial charge in [-0.25, -0.2) is 4.39 Å². The largest absolute Gasteiger partial charge is 0.460 e. The monoisotopic (exact) mass is 356 g/mol. The molecule has 130 valence electrons. The summed E-state index contributed by atoms with van der Waals surface area (Å²) in [6.45, 7) is 0.693. The summed E-state index contributed by atoms with van der Waals surface area (Å²) in [7, 11) is 0. The van der Waals surface area contributed by atoms with Crippen LogP contribution in [0.15, 0.2) is 18.2 Å². The zero-order chi connectivity index (χ0) is 18.4. The van der Waals surface area contributed by atoms with Gasteiger partial charge in [0.2, 0.25) is 5.78 Å². The summed E-state index contributed by atoms with van der Waals surface area (Å²) in [6, 6.07) is 1.68. The minimum Gasteiger partial charge on any atom is -0.287 e. The lowest BCUT2D eigenvalue weighted by molar-refractivity contribution is -0.386. The number of carbonyl (C=O) groups is 1. The number of carbonyl (C=O) groups excluding carboxylic acids is 1. The summed E-state index contributed by atoms with van der Waals surface area (Å²) in [4.78, 5) is 11.4. The molecule has 0 saturated carbocycles. The molecular formula is C12H6F10O. The molecule has 1 nitrogen and oxygen atoms in total. The van der Waals surface area contributed by atoms with Gasteiger partial charge in [0.15, 0.2) is 0 Å². The molecule has 1 aromatic rings. The van der Waals surface area contributed by atoms with E-state index < -0.39 is 46.7 Å². The minimum absolute atomic E-state index is 0.399. The number of alkyl halides is 9. The molecule has 0 saturated heterocycles. The predicted molar refractivity (Wildman–Crippen MR) is 56.4 cm³/mol. The molecule has 0 unspecified atom stereocenters. The second-order valence-electron chi connectivity index (χ2n) is 4.46. The Hall–Kier alpha value is -1.81. The summed E-state index contributed by atoms with van der Waals surface area (Å²) < 4.78 is 127. The number of ketones is 1. The molecule has 0 N–H and O–H groups in total. The number of benzene rings is 1. The van der Waals surface area contributed by atoms with E-state index in [1.807, 2.05) is 0 Å². The highest BCUT2D eigenvalue weighted by Crippen LogP contribution is 2.53. The molecule has 0 aliphatic carbocycles. The Morgan fingerprint density at radius 1 is 0.870 bits per heavy atom. The third kappa shape index (κ3) is 2.76. The smallest absolute Gasteiger partial charge is 0.287 e. The number of halogens is 10. The standard InChI is InChI=1S/C12H6F10O/c1-5-6(3-2-4-7(5)13)8(23)9(14,15)10(16,17)11(18,19)12(20,21)22/h2-4H,1H3. The average Bonchev–Trinajstić information content (AvgIpc) is 2.39. The van der Waals surface area contributed by atoms with Crippen LogP contribution in [0.4, 0.5) is 43.9 Å². The Labute approximate surface area is 121 Å². The van der Waals surface area contributed by atoms with Crippen molar-refractivity contribution in [3.8, 4) is 0 Å². The van der Waals surface area contributed by atoms with Crippen LogP contribution in [-0.4, -0.2) is 29.7 Å². The van der Waals surface area contributed by atoms with Crippen LogP contribution in [-0.2, 0) is 0 Å². The van der Waals surface area contributed by atoms with Crippen LogP contribution >= 0.6 is 0 Å². The van der Waals surface area contributed by atoms with Crippen molar-refractivity contribution in [3.63, 3.8) is 0 Å². The maximum absolute atomic E-state index is 13.4. The highest BCUT2D eigenvalue weighted by Gasteiger charge is 2.83. The third-order valence-corrected chi connectivity index (χ3v) is 2.94. The molecule has 0 aliphatic rings. The zero-order valence-corrected chi connectivity index (χ0v) is 10.9. The summed E-state index contributed by atoms with van der Waals surface area (Å²) in [5.74, 6) is -25.0. The third-order valence-electron chi connectivity index (χ3n) is 2.94. The van der Waals surface area contributed by atoms with Crippen molar-refractivity contribution in [2.45, 2.75) is 30.9 Å². The Balaban J connectivity index is 3.45. The highest BCUT2D eigenvalue weighted by atomic mass is 19.4. The van der Waals surface area contributed by atoms with Gasteiger partial charge in [0.1, 0.15) is 5.82 Å². The lowest BCUT2D eigenvalue weighted by atomic mass is 9.93. The van der Waals surface area contributed by atoms with Gasteiger partial charge >= 0.3 is 23.9 Å². The molecule has 0 spiro atoms. The molecule has 0 atom stereocenters. The minimum atomic E-state index is -7.18. The van der Waals surface area contributed by atoms with Crippen molar-refractivity contribution in [3.05, 3.63) is 35.1 Å². The van der Waals surface area contributed by atoms with E-state index in [0.717, 1.165) is 0 Å². The summed E-state index contributed by atoms with van der Waals surface area (Å²) in [6.07, 6.45) is -7.03. The Morgan fingerprint density at radius 3 is 1.78 bits per heavy atom. The van der Waals surface area contributed by atoms with E-state index in [-0.39, 0.29) is 0 Å². The van der Waals surface area contributed by atoms with E-state index in [4.69, 9.17) is 0 Å². The number of Topliss-reactive ketones (excluding diaryl/α,β-unsaturated/α-hetero) is 1. The van der Waals surface area contributed by atoms with E-state index >= 15 is 0 Å². The Morgan fingerprint density at radius 2 is 1.35 bits per heavy atom. The van der Waals surface area contributed by atoms with Gasteiger partial charge in [-0.15, -0.1) is 0 Å². The van der Waals surface area contributed by atoms with Crippen LogP contribution in [0, 0.1) is 12.7 Å². The van der Waals surface area contributed by atoms with Crippen LogP contribution in [0.5, 0.6) is 0 Å². The highest BCUT2D eigenvalue weighted by molar-refractivity contribution is 6.03. The maximum atomic E-state index is 13.4. The van der Waals surface area contributed by atoms with Crippen molar-refractivity contribution in [1.29, 1.82) is 0 Å². The Bertz CT molecular complexity index is 617. The van der Waals surface area contributed by atoms with Crippen LogP contribution in [0.25, 0.3) is 0 Å². The van der Waals surface area contributed by atoms with Gasteiger partial charge in [-0.2, -0.15) is 39.5 Å². The Kier molecular flexibility index (Phi) is 4.50. The lowest BCUT2D eigenvalue weighted by Crippen LogP contribution is -2.63. The van der Waals surface area contributed by atoms with E-state index in [1.165, 1.54) is 0 Å². The van der Waals surface area contributed by atoms with E-state index in [0.29, 0.717) is 25.1 Å². The van der Waals surface area contributed by atoms with Crippen LogP contribution in [0.1, 0.15) is 15.9 Å². The van der Waals surface area contributed by atoms with Gasteiger partial charge in [-0.3, -0.25) is 4.79 Å². The van der Waals surface area contributed by atoms with Gasteiger partial charge in [0, 0.05) is 5.56 Å². The predicted octanol–water partition coefficient (Wildman–Crippen LogP) is 4.79. The fourth-order valence-electron chi connectivity index (χ4n) is 1.54. The maximum Gasteiger partial charge on any atom is 0.460 e. The number of hydrogen-bond acceptors (Lipinski definition) is 1. The van der Waals surface area contributed by atoms with Crippen molar-refractivity contribution < 1.29 is 48.7 Å². The number of rotatable bonds is 4. The first-order chi connectivity index (χ1) is 10.1. The zero-order valence-electron chi connectivity index (χ0n) is 10.9. The van der Waals surface area contributed by atoms with Gasteiger partial charge in [-0.05, 0) is 18.6 Å². The van der Waals surface area contributed by atoms with Gasteiger partial charge < -0.3 is 0 Å². The van der Waals surface area contributed by atoms with Crippen molar-refractivity contribution >= 4 is 5.78 Å². The first-order valence-electron chi connectivity index (χ1n) is 5.59. The summed E-state index contributed by atoms with van der Waals surface area (Å²) in [5, 5.41) is 0. The summed E-state index contributed by atoms with van der Waals surface area (Å²) >= 11 is 0. The molecule has 0 aromatic heterocycles. The number of hydrogen-bond donors (Lipinski definition) is 0. The topological polar surface area (TPSA) is 17.1 Å². The summed E-state index contributed by atoms with van der Waals surface area (Å²) in [5.41, 5.74) is -2.34.